The third-order valence-electron chi connectivity index (χ3n) is 4.12. The topological polar surface area (TPSA) is 61.7 Å². The molecular weight excluding hydrogens is 390 g/mol. The fraction of sp³-hybridized carbons (Fsp3) is 0.0476. The van der Waals surface area contributed by atoms with E-state index in [4.69, 9.17) is 10.00 Å². The first kappa shape index (κ1) is 16.4. The van der Waals surface area contributed by atoms with Crippen LogP contribution in [-0.4, -0.2) is 9.97 Å². The summed E-state index contributed by atoms with van der Waals surface area (Å²) in [6, 6.07) is 23.4. The van der Waals surface area contributed by atoms with Crippen molar-refractivity contribution in [2.45, 2.75) is 6.61 Å². The zero-order valence-electron chi connectivity index (χ0n) is 13.7. The van der Waals surface area contributed by atoms with Crippen molar-refractivity contribution in [2.75, 3.05) is 0 Å². The van der Waals surface area contributed by atoms with Gasteiger partial charge in [-0.25, -0.2) is 4.98 Å². The molecule has 0 aliphatic rings. The molecule has 0 saturated heterocycles. The summed E-state index contributed by atoms with van der Waals surface area (Å²) < 4.78 is 6.72. The molecule has 0 amide bonds. The van der Waals surface area contributed by atoms with E-state index in [1.807, 2.05) is 60.7 Å². The van der Waals surface area contributed by atoms with Crippen LogP contribution in [0.3, 0.4) is 0 Å². The second-order valence-corrected chi connectivity index (χ2v) is 6.66. The molecule has 0 fully saturated rings. The van der Waals surface area contributed by atoms with E-state index >= 15 is 0 Å². The van der Waals surface area contributed by atoms with Gasteiger partial charge in [0.2, 0.25) is 0 Å². The average molecular weight is 404 g/mol. The zero-order chi connectivity index (χ0) is 17.9. The van der Waals surface area contributed by atoms with Crippen LogP contribution in [0.25, 0.3) is 22.4 Å². The number of aromatic amines is 1. The molecule has 0 atom stereocenters. The van der Waals surface area contributed by atoms with Crippen molar-refractivity contribution in [3.05, 3.63) is 82.3 Å². The summed E-state index contributed by atoms with van der Waals surface area (Å²) in [4.78, 5) is 7.94. The highest BCUT2D eigenvalue weighted by Gasteiger charge is 2.09. The van der Waals surface area contributed by atoms with Gasteiger partial charge in [-0.2, -0.15) is 5.26 Å². The molecule has 126 valence electrons. The van der Waals surface area contributed by atoms with Gasteiger partial charge in [0, 0.05) is 11.1 Å². The van der Waals surface area contributed by atoms with Crippen molar-refractivity contribution in [3.63, 3.8) is 0 Å². The van der Waals surface area contributed by atoms with Crippen molar-refractivity contribution in [1.82, 2.24) is 9.97 Å². The Morgan fingerprint density at radius 3 is 2.65 bits per heavy atom. The Labute approximate surface area is 159 Å². The number of H-pyrrole nitrogens is 1. The number of imidazole rings is 1. The van der Waals surface area contributed by atoms with E-state index in [0.29, 0.717) is 12.2 Å². The van der Waals surface area contributed by atoms with Gasteiger partial charge in [-0.1, -0.05) is 30.3 Å². The Bertz CT molecular complexity index is 1090. The van der Waals surface area contributed by atoms with Crippen LogP contribution in [0.4, 0.5) is 0 Å². The van der Waals surface area contributed by atoms with E-state index in [0.717, 1.165) is 38.2 Å². The lowest BCUT2D eigenvalue weighted by atomic mass is 10.1. The Kier molecular flexibility index (Phi) is 4.42. The first-order valence-corrected chi connectivity index (χ1v) is 8.89. The van der Waals surface area contributed by atoms with Crippen molar-refractivity contribution in [1.29, 1.82) is 5.26 Å². The van der Waals surface area contributed by atoms with E-state index in [1.165, 1.54) is 0 Å². The highest BCUT2D eigenvalue weighted by molar-refractivity contribution is 9.10. The van der Waals surface area contributed by atoms with Crippen LogP contribution in [-0.2, 0) is 6.61 Å². The number of hydrogen-bond donors (Lipinski definition) is 1. The molecule has 5 heteroatoms. The van der Waals surface area contributed by atoms with Gasteiger partial charge in [0.25, 0.3) is 0 Å². The number of nitrogens with one attached hydrogen (secondary N) is 1. The predicted molar refractivity (Wildman–Crippen MR) is 105 cm³/mol. The molecule has 0 saturated carbocycles. The minimum Gasteiger partial charge on any atom is -0.488 e. The van der Waals surface area contributed by atoms with Crippen molar-refractivity contribution in [3.8, 4) is 23.2 Å². The number of ether oxygens (including phenoxy) is 1. The van der Waals surface area contributed by atoms with Crippen molar-refractivity contribution < 1.29 is 4.74 Å². The zero-order valence-corrected chi connectivity index (χ0v) is 15.3. The highest BCUT2D eigenvalue weighted by atomic mass is 79.9. The standard InChI is InChI=1S/C21H14BrN3O/c22-17-11-14(21-24-18-7-3-4-8-19(18)25-21)9-10-20(17)26-13-16-6-2-1-5-15(16)12-23/h1-11H,13H2,(H,24,25). The fourth-order valence-electron chi connectivity index (χ4n) is 2.77. The van der Waals surface area contributed by atoms with Gasteiger partial charge in [-0.05, 0) is 52.3 Å². The molecule has 4 rings (SSSR count). The minimum absolute atomic E-state index is 0.340. The number of benzene rings is 3. The molecule has 0 aliphatic heterocycles. The van der Waals surface area contributed by atoms with E-state index < -0.39 is 0 Å². The van der Waals surface area contributed by atoms with Gasteiger partial charge in [0.05, 0.1) is 27.1 Å². The molecular formula is C21H14BrN3O. The second-order valence-electron chi connectivity index (χ2n) is 5.81. The Morgan fingerprint density at radius 2 is 1.85 bits per heavy atom. The smallest absolute Gasteiger partial charge is 0.138 e. The lowest BCUT2D eigenvalue weighted by Crippen LogP contribution is -1.98. The summed E-state index contributed by atoms with van der Waals surface area (Å²) in [7, 11) is 0. The van der Waals surface area contributed by atoms with Crippen LogP contribution in [0, 0.1) is 11.3 Å². The van der Waals surface area contributed by atoms with Gasteiger partial charge < -0.3 is 9.72 Å². The van der Waals surface area contributed by atoms with E-state index in [9.17, 15) is 0 Å². The fourth-order valence-corrected chi connectivity index (χ4v) is 3.26. The Morgan fingerprint density at radius 1 is 1.04 bits per heavy atom. The van der Waals surface area contributed by atoms with Crippen LogP contribution < -0.4 is 4.74 Å². The Balaban J connectivity index is 1.57. The molecule has 3 aromatic carbocycles. The highest BCUT2D eigenvalue weighted by Crippen LogP contribution is 2.31. The molecule has 0 radical (unpaired) electrons. The molecule has 26 heavy (non-hydrogen) atoms. The predicted octanol–water partition coefficient (Wildman–Crippen LogP) is 5.44. The van der Waals surface area contributed by atoms with Gasteiger partial charge in [-0.15, -0.1) is 0 Å². The molecule has 1 heterocycles. The number of fused-ring (bicyclic) bond motifs is 1. The second kappa shape index (κ2) is 7.03. The molecule has 0 unspecified atom stereocenters. The molecule has 4 nitrogen and oxygen atoms in total. The number of nitrogens with zero attached hydrogens (tertiary/aromatic N) is 2. The van der Waals surface area contributed by atoms with Crippen LogP contribution >= 0.6 is 15.9 Å². The quantitative estimate of drug-likeness (QED) is 0.493. The monoisotopic (exact) mass is 403 g/mol. The lowest BCUT2D eigenvalue weighted by molar-refractivity contribution is 0.304. The number of para-hydroxylation sites is 2. The molecule has 1 aromatic heterocycles. The van der Waals surface area contributed by atoms with Crippen LogP contribution in [0.5, 0.6) is 5.75 Å². The molecule has 4 aromatic rings. The summed E-state index contributed by atoms with van der Waals surface area (Å²) >= 11 is 3.57. The molecule has 1 N–H and O–H groups in total. The van der Waals surface area contributed by atoms with Gasteiger partial charge >= 0.3 is 0 Å². The third kappa shape index (κ3) is 3.19. The largest absolute Gasteiger partial charge is 0.488 e. The molecule has 0 spiro atoms. The maximum atomic E-state index is 9.17. The van der Waals surface area contributed by atoms with Crippen LogP contribution in [0.1, 0.15) is 11.1 Å². The summed E-state index contributed by atoms with van der Waals surface area (Å²) in [5, 5.41) is 9.17. The number of halogens is 1. The van der Waals surface area contributed by atoms with Crippen LogP contribution in [0.15, 0.2) is 71.2 Å². The minimum atomic E-state index is 0.340. The summed E-state index contributed by atoms with van der Waals surface area (Å²) in [5.41, 5.74) is 4.41. The maximum absolute atomic E-state index is 9.17. The number of hydrogen-bond acceptors (Lipinski definition) is 3. The maximum Gasteiger partial charge on any atom is 0.138 e. The van der Waals surface area contributed by atoms with Gasteiger partial charge in [0.1, 0.15) is 18.2 Å². The number of aromatic nitrogens is 2. The molecule has 0 aliphatic carbocycles. The van der Waals surface area contributed by atoms with Gasteiger partial charge in [-0.3, -0.25) is 0 Å². The lowest BCUT2D eigenvalue weighted by Gasteiger charge is -2.10. The Hall–Kier alpha value is -3.10. The molecule has 0 bridgehead atoms. The van der Waals surface area contributed by atoms with Crippen LogP contribution in [0.2, 0.25) is 0 Å². The first-order chi connectivity index (χ1) is 12.7. The van der Waals surface area contributed by atoms with E-state index in [-0.39, 0.29) is 0 Å². The van der Waals surface area contributed by atoms with Gasteiger partial charge in [0.15, 0.2) is 0 Å². The number of rotatable bonds is 4. The van der Waals surface area contributed by atoms with E-state index in [2.05, 4.69) is 32.0 Å². The SMILES string of the molecule is N#Cc1ccccc1COc1ccc(-c2nc3ccccc3[nH]2)cc1Br. The first-order valence-electron chi connectivity index (χ1n) is 8.10. The van der Waals surface area contributed by atoms with E-state index in [1.54, 1.807) is 6.07 Å². The normalized spacial score (nSPS) is 10.6. The summed E-state index contributed by atoms with van der Waals surface area (Å²) in [6.45, 7) is 0.340. The number of nitriles is 1. The third-order valence-corrected chi connectivity index (χ3v) is 4.74. The summed E-state index contributed by atoms with van der Waals surface area (Å²) in [5.74, 6) is 1.53. The average Bonchev–Trinajstić information content (AvgIpc) is 3.11. The van der Waals surface area contributed by atoms with Crippen molar-refractivity contribution >= 4 is 27.0 Å². The van der Waals surface area contributed by atoms with Crippen molar-refractivity contribution in [2.24, 2.45) is 0 Å². The summed E-state index contributed by atoms with van der Waals surface area (Å²) in [6.07, 6.45) is 0.